The maximum absolute atomic E-state index is 11.8. The Morgan fingerprint density at radius 1 is 0.957 bits per heavy atom. The average Bonchev–Trinajstić information content (AvgIpc) is 2.55. The van der Waals surface area contributed by atoms with Crippen LogP contribution < -0.4 is 10.9 Å². The Hall–Kier alpha value is -2.39. The Balaban J connectivity index is 1.79. The van der Waals surface area contributed by atoms with E-state index in [-0.39, 0.29) is 5.63 Å². The number of hydrogen-bond acceptors (Lipinski definition) is 3. The number of aryl methyl sites for hydroxylation is 2. The van der Waals surface area contributed by atoms with Gasteiger partial charge in [0.2, 0.25) is 0 Å². The lowest BCUT2D eigenvalue weighted by molar-refractivity contribution is 0.556. The summed E-state index contributed by atoms with van der Waals surface area (Å²) in [5, 5.41) is 4.40. The summed E-state index contributed by atoms with van der Waals surface area (Å²) in [6.07, 6.45) is 0.926. The highest BCUT2D eigenvalue weighted by molar-refractivity contribution is 5.80. The smallest absolute Gasteiger partial charge is 0.336 e. The van der Waals surface area contributed by atoms with E-state index in [2.05, 4.69) is 49.5 Å². The first-order chi connectivity index (χ1) is 11.2. The number of rotatable bonds is 5. The predicted molar refractivity (Wildman–Crippen MR) is 93.6 cm³/mol. The first-order valence-corrected chi connectivity index (χ1v) is 7.97. The van der Waals surface area contributed by atoms with Crippen LogP contribution >= 0.6 is 0 Å². The van der Waals surface area contributed by atoms with Gasteiger partial charge in [0.15, 0.2) is 0 Å². The first-order valence-electron chi connectivity index (χ1n) is 7.97. The summed E-state index contributed by atoms with van der Waals surface area (Å²) < 4.78 is 5.34. The molecule has 0 saturated heterocycles. The molecule has 3 rings (SSSR count). The van der Waals surface area contributed by atoms with Crippen molar-refractivity contribution in [3.8, 4) is 0 Å². The number of nitrogens with one attached hydrogen (secondary N) is 1. The molecule has 1 heterocycles. The van der Waals surface area contributed by atoms with Crippen molar-refractivity contribution in [2.24, 2.45) is 0 Å². The van der Waals surface area contributed by atoms with Crippen LogP contribution in [0.2, 0.25) is 0 Å². The Morgan fingerprint density at radius 2 is 1.70 bits per heavy atom. The Labute approximate surface area is 136 Å². The molecule has 0 aliphatic carbocycles. The summed E-state index contributed by atoms with van der Waals surface area (Å²) >= 11 is 0. The fraction of sp³-hybridized carbons (Fsp3) is 0.250. The molecule has 0 aliphatic rings. The van der Waals surface area contributed by atoms with Crippen molar-refractivity contribution in [1.82, 2.24) is 5.32 Å². The first kappa shape index (κ1) is 15.5. The molecule has 1 aromatic heterocycles. The summed E-state index contributed by atoms with van der Waals surface area (Å²) in [5.74, 6) is 0. The molecule has 0 aliphatic heterocycles. The maximum atomic E-state index is 11.8. The van der Waals surface area contributed by atoms with Gasteiger partial charge in [0.05, 0.1) is 0 Å². The zero-order valence-corrected chi connectivity index (χ0v) is 13.6. The number of fused-ring (bicyclic) bond motifs is 1. The average molecular weight is 307 g/mol. The highest BCUT2D eigenvalue weighted by Gasteiger charge is 2.06. The van der Waals surface area contributed by atoms with Gasteiger partial charge in [-0.05, 0) is 36.1 Å². The quantitative estimate of drug-likeness (QED) is 0.726. The molecule has 0 unspecified atom stereocenters. The van der Waals surface area contributed by atoms with Gasteiger partial charge in [-0.3, -0.25) is 0 Å². The van der Waals surface area contributed by atoms with E-state index >= 15 is 0 Å². The minimum Gasteiger partial charge on any atom is -0.423 e. The van der Waals surface area contributed by atoms with Crippen LogP contribution in [0.25, 0.3) is 11.0 Å². The Bertz CT molecular complexity index is 863. The summed E-state index contributed by atoms with van der Waals surface area (Å²) in [7, 11) is 0. The zero-order valence-electron chi connectivity index (χ0n) is 13.6. The molecule has 3 nitrogen and oxygen atoms in total. The van der Waals surface area contributed by atoms with E-state index in [9.17, 15) is 4.79 Å². The van der Waals surface area contributed by atoms with Crippen molar-refractivity contribution >= 4 is 11.0 Å². The van der Waals surface area contributed by atoms with Crippen molar-refractivity contribution in [3.63, 3.8) is 0 Å². The van der Waals surface area contributed by atoms with Gasteiger partial charge < -0.3 is 9.73 Å². The molecule has 3 aromatic rings. The second-order valence-electron chi connectivity index (χ2n) is 5.86. The van der Waals surface area contributed by atoms with E-state index < -0.39 is 0 Å². The van der Waals surface area contributed by atoms with Crippen LogP contribution in [0.4, 0.5) is 0 Å². The second kappa shape index (κ2) is 6.80. The van der Waals surface area contributed by atoms with E-state index in [1.165, 1.54) is 16.7 Å². The van der Waals surface area contributed by atoms with Gasteiger partial charge in [-0.25, -0.2) is 4.79 Å². The molecular formula is C20H21NO2. The molecule has 0 bridgehead atoms. The van der Waals surface area contributed by atoms with E-state index in [1.807, 2.05) is 12.1 Å². The molecule has 0 saturated carbocycles. The molecule has 2 aromatic carbocycles. The third kappa shape index (κ3) is 3.69. The van der Waals surface area contributed by atoms with Crippen LogP contribution in [0.1, 0.15) is 29.2 Å². The summed E-state index contributed by atoms with van der Waals surface area (Å²) in [4.78, 5) is 11.8. The van der Waals surface area contributed by atoms with Gasteiger partial charge in [0.25, 0.3) is 0 Å². The molecule has 0 fully saturated rings. The lowest BCUT2D eigenvalue weighted by atomic mass is 10.1. The standard InChI is InChI=1S/C20H21NO2/c1-3-15-8-9-18-17(11-20(22)23-19(18)10-15)13-21-12-16-6-4-14(2)5-7-16/h4-11,21H,3,12-13H2,1-2H3. The van der Waals surface area contributed by atoms with Crippen LogP contribution in [0, 0.1) is 6.92 Å². The molecule has 23 heavy (non-hydrogen) atoms. The minimum absolute atomic E-state index is 0.294. The molecule has 0 amide bonds. The summed E-state index contributed by atoms with van der Waals surface area (Å²) in [6, 6.07) is 16.1. The van der Waals surface area contributed by atoms with Crippen molar-refractivity contribution < 1.29 is 4.42 Å². The predicted octanol–water partition coefficient (Wildman–Crippen LogP) is 3.95. The van der Waals surface area contributed by atoms with Gasteiger partial charge in [-0.2, -0.15) is 0 Å². The van der Waals surface area contributed by atoms with Crippen molar-refractivity contribution in [3.05, 3.63) is 81.2 Å². The molecule has 0 radical (unpaired) electrons. The van der Waals surface area contributed by atoms with E-state index in [1.54, 1.807) is 6.07 Å². The van der Waals surface area contributed by atoms with Crippen LogP contribution in [0.5, 0.6) is 0 Å². The maximum Gasteiger partial charge on any atom is 0.336 e. The monoisotopic (exact) mass is 307 g/mol. The molecule has 1 N–H and O–H groups in total. The lowest BCUT2D eigenvalue weighted by Gasteiger charge is -2.08. The van der Waals surface area contributed by atoms with Crippen LogP contribution in [-0.2, 0) is 19.5 Å². The van der Waals surface area contributed by atoms with Crippen LogP contribution in [0.3, 0.4) is 0 Å². The highest BCUT2D eigenvalue weighted by Crippen LogP contribution is 2.19. The van der Waals surface area contributed by atoms with Crippen molar-refractivity contribution in [2.45, 2.75) is 33.4 Å². The lowest BCUT2D eigenvalue weighted by Crippen LogP contribution is -2.14. The van der Waals surface area contributed by atoms with Gasteiger partial charge in [0.1, 0.15) is 5.58 Å². The Kier molecular flexibility index (Phi) is 4.58. The zero-order chi connectivity index (χ0) is 16.2. The van der Waals surface area contributed by atoms with Crippen molar-refractivity contribution in [1.29, 1.82) is 0 Å². The molecule has 118 valence electrons. The number of hydrogen-bond donors (Lipinski definition) is 1. The fourth-order valence-electron chi connectivity index (χ4n) is 2.69. The third-order valence-electron chi connectivity index (χ3n) is 4.07. The van der Waals surface area contributed by atoms with E-state index in [0.29, 0.717) is 12.1 Å². The van der Waals surface area contributed by atoms with Crippen molar-refractivity contribution in [2.75, 3.05) is 0 Å². The number of benzene rings is 2. The van der Waals surface area contributed by atoms with Gasteiger partial charge in [-0.1, -0.05) is 48.9 Å². The third-order valence-corrected chi connectivity index (χ3v) is 4.07. The Morgan fingerprint density at radius 3 is 2.43 bits per heavy atom. The van der Waals surface area contributed by atoms with Gasteiger partial charge in [-0.15, -0.1) is 0 Å². The molecule has 3 heteroatoms. The fourth-order valence-corrected chi connectivity index (χ4v) is 2.69. The molecule has 0 spiro atoms. The topological polar surface area (TPSA) is 42.2 Å². The van der Waals surface area contributed by atoms with Gasteiger partial charge >= 0.3 is 5.63 Å². The minimum atomic E-state index is -0.294. The molecular weight excluding hydrogens is 286 g/mol. The molecule has 0 atom stereocenters. The van der Waals surface area contributed by atoms with Crippen LogP contribution in [-0.4, -0.2) is 0 Å². The van der Waals surface area contributed by atoms with Crippen LogP contribution in [0.15, 0.2) is 57.7 Å². The normalized spacial score (nSPS) is 11.0. The van der Waals surface area contributed by atoms with E-state index in [0.717, 1.165) is 23.9 Å². The second-order valence-corrected chi connectivity index (χ2v) is 5.86. The summed E-state index contributed by atoms with van der Waals surface area (Å²) in [6.45, 7) is 5.58. The SMILES string of the molecule is CCc1ccc2c(CNCc3ccc(C)cc3)cc(=O)oc2c1. The summed E-state index contributed by atoms with van der Waals surface area (Å²) in [5.41, 5.74) is 5.02. The van der Waals surface area contributed by atoms with E-state index in [4.69, 9.17) is 4.42 Å². The van der Waals surface area contributed by atoms with Gasteiger partial charge in [0, 0.05) is 24.5 Å². The largest absolute Gasteiger partial charge is 0.423 e. The highest BCUT2D eigenvalue weighted by atomic mass is 16.4.